The van der Waals surface area contributed by atoms with Crippen molar-refractivity contribution < 1.29 is 9.53 Å². The first-order valence-corrected chi connectivity index (χ1v) is 12.6. The third kappa shape index (κ3) is 5.63. The molecule has 1 amide bonds. The van der Waals surface area contributed by atoms with E-state index in [1.165, 1.54) is 16.2 Å². The number of carbonyl (C=O) groups excluding carboxylic acids is 1. The van der Waals surface area contributed by atoms with Gasteiger partial charge in [0.2, 0.25) is 0 Å². The number of thioether (sulfide) groups is 1. The van der Waals surface area contributed by atoms with E-state index >= 15 is 0 Å². The summed E-state index contributed by atoms with van der Waals surface area (Å²) in [4.78, 5) is 35.4. The second-order valence-corrected chi connectivity index (χ2v) is 9.71. The van der Waals surface area contributed by atoms with Gasteiger partial charge >= 0.3 is 0 Å². The minimum absolute atomic E-state index is 0.144. The first kappa shape index (κ1) is 23.9. The van der Waals surface area contributed by atoms with E-state index in [2.05, 4.69) is 22.1 Å². The van der Waals surface area contributed by atoms with Gasteiger partial charge in [-0.25, -0.2) is 4.98 Å². The zero-order valence-electron chi connectivity index (χ0n) is 18.8. The van der Waals surface area contributed by atoms with Crippen LogP contribution in [0, 0.1) is 0 Å². The molecule has 0 aliphatic carbocycles. The second-order valence-electron chi connectivity index (χ2n) is 8.03. The minimum atomic E-state index is -0.213. The number of unbranched alkanes of at least 4 members (excludes halogenated alkanes) is 1. The summed E-state index contributed by atoms with van der Waals surface area (Å²) >= 11 is 6.66. The Morgan fingerprint density at radius 1 is 1.21 bits per heavy atom. The second kappa shape index (κ2) is 11.2. The smallest absolute Gasteiger partial charge is 0.267 e. The number of anilines is 1. The first-order chi connectivity index (χ1) is 16.1. The molecule has 0 atom stereocenters. The maximum atomic E-state index is 13.3. The Hall–Kier alpha value is -2.27. The van der Waals surface area contributed by atoms with Gasteiger partial charge in [-0.2, -0.15) is 0 Å². The van der Waals surface area contributed by atoms with Crippen molar-refractivity contribution in [2.24, 2.45) is 0 Å². The summed E-state index contributed by atoms with van der Waals surface area (Å²) in [6.07, 6.45) is 6.11. The number of carbonyl (C=O) groups is 1. The standard InChI is InChI=1S/C23H29N5O3S2/c1-2-3-10-28-22(30)18(33-23(28)32)16-17-20(24-8-6-9-26-12-14-31-15-13-26)25-19-7-4-5-11-27(19)21(17)29/h4-5,7,11,16,24H,2-3,6,8-10,12-15H2,1H3/b18-16-. The lowest BCUT2D eigenvalue weighted by Crippen LogP contribution is -2.37. The molecule has 33 heavy (non-hydrogen) atoms. The zero-order chi connectivity index (χ0) is 23.2. The van der Waals surface area contributed by atoms with Crippen LogP contribution in [0.3, 0.4) is 0 Å². The number of hydrogen-bond donors (Lipinski definition) is 1. The van der Waals surface area contributed by atoms with Crippen LogP contribution < -0.4 is 10.9 Å². The predicted molar refractivity (Wildman–Crippen MR) is 137 cm³/mol. The Labute approximate surface area is 203 Å². The number of hydrogen-bond acceptors (Lipinski definition) is 8. The molecule has 10 heteroatoms. The number of rotatable bonds is 9. The molecular weight excluding hydrogens is 458 g/mol. The third-order valence-electron chi connectivity index (χ3n) is 5.70. The lowest BCUT2D eigenvalue weighted by atomic mass is 10.2. The molecule has 4 heterocycles. The number of nitrogens with one attached hydrogen (secondary N) is 1. The van der Waals surface area contributed by atoms with Gasteiger partial charge in [-0.05, 0) is 37.6 Å². The highest BCUT2D eigenvalue weighted by Gasteiger charge is 2.32. The number of amides is 1. The average Bonchev–Trinajstić information content (AvgIpc) is 3.10. The Bertz CT molecular complexity index is 1110. The molecule has 0 saturated carbocycles. The molecule has 0 aromatic carbocycles. The van der Waals surface area contributed by atoms with Crippen LogP contribution in [0.15, 0.2) is 34.1 Å². The summed E-state index contributed by atoms with van der Waals surface area (Å²) in [7, 11) is 0. The lowest BCUT2D eigenvalue weighted by Gasteiger charge is -2.26. The number of ether oxygens (including phenoxy) is 1. The molecule has 0 unspecified atom stereocenters. The van der Waals surface area contributed by atoms with Crippen LogP contribution in [0.1, 0.15) is 31.7 Å². The van der Waals surface area contributed by atoms with E-state index in [0.29, 0.717) is 39.3 Å². The van der Waals surface area contributed by atoms with Crippen molar-refractivity contribution >= 4 is 51.7 Å². The van der Waals surface area contributed by atoms with E-state index < -0.39 is 0 Å². The molecule has 2 fully saturated rings. The van der Waals surface area contributed by atoms with Crippen LogP contribution >= 0.6 is 24.0 Å². The Morgan fingerprint density at radius 3 is 2.82 bits per heavy atom. The molecule has 0 spiro atoms. The number of nitrogens with zero attached hydrogens (tertiary/aromatic N) is 4. The van der Waals surface area contributed by atoms with Crippen LogP contribution in [0.2, 0.25) is 0 Å². The van der Waals surface area contributed by atoms with Crippen LogP contribution in [-0.4, -0.2) is 75.3 Å². The molecule has 2 aliphatic rings. The Kier molecular flexibility index (Phi) is 8.13. The lowest BCUT2D eigenvalue weighted by molar-refractivity contribution is -0.122. The van der Waals surface area contributed by atoms with Crippen molar-refractivity contribution in [3.63, 3.8) is 0 Å². The average molecular weight is 488 g/mol. The first-order valence-electron chi connectivity index (χ1n) is 11.4. The van der Waals surface area contributed by atoms with Crippen molar-refractivity contribution in [2.45, 2.75) is 26.2 Å². The topological polar surface area (TPSA) is 79.2 Å². The summed E-state index contributed by atoms with van der Waals surface area (Å²) in [5, 5.41) is 3.34. The highest BCUT2D eigenvalue weighted by atomic mass is 32.2. The molecule has 8 nitrogen and oxygen atoms in total. The maximum Gasteiger partial charge on any atom is 0.267 e. The van der Waals surface area contributed by atoms with E-state index in [1.54, 1.807) is 29.3 Å². The predicted octanol–water partition coefficient (Wildman–Crippen LogP) is 2.83. The van der Waals surface area contributed by atoms with Crippen LogP contribution in [0.4, 0.5) is 5.82 Å². The molecule has 2 aliphatic heterocycles. The van der Waals surface area contributed by atoms with Crippen molar-refractivity contribution in [3.05, 3.63) is 45.2 Å². The van der Waals surface area contributed by atoms with E-state index in [1.807, 2.05) is 6.07 Å². The van der Waals surface area contributed by atoms with Crippen LogP contribution in [0.25, 0.3) is 11.7 Å². The van der Waals surface area contributed by atoms with Crippen molar-refractivity contribution in [2.75, 3.05) is 51.3 Å². The molecule has 2 aromatic heterocycles. The van der Waals surface area contributed by atoms with Crippen LogP contribution in [-0.2, 0) is 9.53 Å². The van der Waals surface area contributed by atoms with Gasteiger partial charge in [0.15, 0.2) is 0 Å². The number of pyridine rings is 1. The van der Waals surface area contributed by atoms with Gasteiger partial charge in [0.05, 0.1) is 23.7 Å². The molecule has 176 valence electrons. The van der Waals surface area contributed by atoms with Gasteiger partial charge < -0.3 is 10.1 Å². The van der Waals surface area contributed by atoms with Gasteiger partial charge in [-0.3, -0.25) is 23.8 Å². The van der Waals surface area contributed by atoms with Gasteiger partial charge in [-0.15, -0.1) is 0 Å². The van der Waals surface area contributed by atoms with Crippen molar-refractivity contribution in [3.8, 4) is 0 Å². The molecule has 2 aromatic rings. The fourth-order valence-corrected chi connectivity index (χ4v) is 5.13. The van der Waals surface area contributed by atoms with Crippen LogP contribution in [0.5, 0.6) is 0 Å². The highest BCUT2D eigenvalue weighted by molar-refractivity contribution is 8.26. The normalized spacial score (nSPS) is 18.6. The van der Waals surface area contributed by atoms with E-state index in [9.17, 15) is 9.59 Å². The van der Waals surface area contributed by atoms with E-state index in [4.69, 9.17) is 17.0 Å². The van der Waals surface area contributed by atoms with Gasteiger partial charge in [-0.1, -0.05) is 43.4 Å². The van der Waals surface area contributed by atoms with Crippen molar-refractivity contribution in [1.82, 2.24) is 19.2 Å². The fraction of sp³-hybridized carbons (Fsp3) is 0.478. The summed E-state index contributed by atoms with van der Waals surface area (Å²) in [6, 6.07) is 5.44. The summed E-state index contributed by atoms with van der Waals surface area (Å²) in [5.41, 5.74) is 0.724. The summed E-state index contributed by atoms with van der Waals surface area (Å²) in [5.74, 6) is 0.348. The van der Waals surface area contributed by atoms with Gasteiger partial charge in [0.1, 0.15) is 15.8 Å². The zero-order valence-corrected chi connectivity index (χ0v) is 20.4. The SMILES string of the molecule is CCCCN1C(=O)/C(=C/c2c(NCCCN3CCOCC3)nc3ccccn3c2=O)SC1=S. The number of fused-ring (bicyclic) bond motifs is 1. The molecule has 4 rings (SSSR count). The molecule has 2 saturated heterocycles. The monoisotopic (exact) mass is 487 g/mol. The Morgan fingerprint density at radius 2 is 2.03 bits per heavy atom. The number of morpholine rings is 1. The molecule has 1 N–H and O–H groups in total. The summed E-state index contributed by atoms with van der Waals surface area (Å²) in [6.45, 7) is 7.74. The van der Waals surface area contributed by atoms with Crippen molar-refractivity contribution in [1.29, 1.82) is 0 Å². The summed E-state index contributed by atoms with van der Waals surface area (Å²) < 4.78 is 7.44. The minimum Gasteiger partial charge on any atom is -0.379 e. The molecular formula is C23H29N5O3S2. The van der Waals surface area contributed by atoms with Gasteiger partial charge in [0, 0.05) is 32.4 Å². The molecule has 0 radical (unpaired) electrons. The number of aromatic nitrogens is 2. The largest absolute Gasteiger partial charge is 0.379 e. The number of thiocarbonyl (C=S) groups is 1. The highest BCUT2D eigenvalue weighted by Crippen LogP contribution is 2.33. The van der Waals surface area contributed by atoms with E-state index in [0.717, 1.165) is 52.1 Å². The maximum absolute atomic E-state index is 13.3. The Balaban J connectivity index is 1.57. The van der Waals surface area contributed by atoms with E-state index in [-0.39, 0.29) is 11.5 Å². The third-order valence-corrected chi connectivity index (χ3v) is 7.08. The quantitative estimate of drug-likeness (QED) is 0.329. The fourth-order valence-electron chi connectivity index (χ4n) is 3.84. The molecule has 0 bridgehead atoms. The van der Waals surface area contributed by atoms with Gasteiger partial charge in [0.25, 0.3) is 11.5 Å².